The standard InChI is InChI=1S/C23H25FN2O3/c1-2-3-5-15-26(16-18-8-10-19(24)11-9-18)23(28)21-13-12-20(29-21)17-25-14-6-4-7-22(25)27/h4,6-14H,2-3,5,15-17H2,1H3. The van der Waals surface area contributed by atoms with E-state index in [0.717, 1.165) is 24.8 Å². The van der Waals surface area contributed by atoms with Gasteiger partial charge in [0.2, 0.25) is 0 Å². The van der Waals surface area contributed by atoms with Crippen molar-refractivity contribution in [2.24, 2.45) is 0 Å². The normalized spacial score (nSPS) is 10.8. The van der Waals surface area contributed by atoms with Crippen molar-refractivity contribution >= 4 is 5.91 Å². The van der Waals surface area contributed by atoms with Crippen molar-refractivity contribution < 1.29 is 13.6 Å². The molecule has 1 aromatic carbocycles. The molecule has 6 heteroatoms. The van der Waals surface area contributed by atoms with Crippen LogP contribution < -0.4 is 5.56 Å². The Morgan fingerprint density at radius 1 is 1.07 bits per heavy atom. The van der Waals surface area contributed by atoms with Gasteiger partial charge in [0.05, 0.1) is 6.54 Å². The van der Waals surface area contributed by atoms with Crippen LogP contribution in [-0.2, 0) is 13.1 Å². The van der Waals surface area contributed by atoms with Gasteiger partial charge in [-0.2, -0.15) is 0 Å². The van der Waals surface area contributed by atoms with Crippen LogP contribution in [0.5, 0.6) is 0 Å². The second kappa shape index (κ2) is 9.87. The fourth-order valence-corrected chi connectivity index (χ4v) is 3.11. The van der Waals surface area contributed by atoms with Gasteiger partial charge in [0.25, 0.3) is 11.5 Å². The number of aromatic nitrogens is 1. The topological polar surface area (TPSA) is 55.5 Å². The molecule has 2 heterocycles. The lowest BCUT2D eigenvalue weighted by atomic mass is 10.2. The summed E-state index contributed by atoms with van der Waals surface area (Å²) in [6.07, 6.45) is 4.64. The molecule has 0 aliphatic carbocycles. The average molecular weight is 396 g/mol. The van der Waals surface area contributed by atoms with Crippen LogP contribution in [-0.4, -0.2) is 21.9 Å². The Kier molecular flexibility index (Phi) is 7.00. The molecular formula is C23H25FN2O3. The molecule has 29 heavy (non-hydrogen) atoms. The first kappa shape index (κ1) is 20.6. The summed E-state index contributed by atoms with van der Waals surface area (Å²) in [5.74, 6) is 0.265. The van der Waals surface area contributed by atoms with Crippen molar-refractivity contribution in [1.82, 2.24) is 9.47 Å². The molecule has 0 aliphatic heterocycles. The zero-order chi connectivity index (χ0) is 20.6. The number of rotatable bonds is 9. The van der Waals surface area contributed by atoms with Gasteiger partial charge in [-0.1, -0.05) is 38.0 Å². The number of halogens is 1. The Bertz CT molecular complexity index is 992. The van der Waals surface area contributed by atoms with Crippen molar-refractivity contribution in [1.29, 1.82) is 0 Å². The maximum absolute atomic E-state index is 13.2. The minimum atomic E-state index is -0.301. The molecule has 0 saturated heterocycles. The van der Waals surface area contributed by atoms with E-state index in [2.05, 4.69) is 6.92 Å². The number of hydrogen-bond donors (Lipinski definition) is 0. The molecule has 0 radical (unpaired) electrons. The number of carbonyl (C=O) groups excluding carboxylic acids is 1. The van der Waals surface area contributed by atoms with E-state index in [-0.39, 0.29) is 29.6 Å². The number of furan rings is 1. The number of unbranched alkanes of at least 4 members (excludes halogenated alkanes) is 2. The summed E-state index contributed by atoms with van der Waals surface area (Å²) in [6.45, 7) is 3.35. The number of pyridine rings is 1. The molecule has 3 rings (SSSR count). The molecule has 2 aromatic heterocycles. The lowest BCUT2D eigenvalue weighted by molar-refractivity contribution is 0.0705. The predicted octanol–water partition coefficient (Wildman–Crippen LogP) is 4.46. The Morgan fingerprint density at radius 3 is 2.59 bits per heavy atom. The summed E-state index contributed by atoms with van der Waals surface area (Å²) >= 11 is 0. The molecule has 0 unspecified atom stereocenters. The van der Waals surface area contributed by atoms with Gasteiger partial charge >= 0.3 is 0 Å². The van der Waals surface area contributed by atoms with E-state index in [1.165, 1.54) is 22.8 Å². The zero-order valence-electron chi connectivity index (χ0n) is 16.5. The van der Waals surface area contributed by atoms with E-state index < -0.39 is 0 Å². The third-order valence-electron chi connectivity index (χ3n) is 4.70. The summed E-state index contributed by atoms with van der Waals surface area (Å²) in [5, 5.41) is 0. The Labute approximate surface area is 169 Å². The smallest absolute Gasteiger partial charge is 0.289 e. The number of benzene rings is 1. The van der Waals surface area contributed by atoms with Crippen molar-refractivity contribution in [2.75, 3.05) is 6.54 Å². The van der Waals surface area contributed by atoms with Gasteiger partial charge in [0, 0.05) is 25.4 Å². The first-order chi connectivity index (χ1) is 14.1. The summed E-state index contributed by atoms with van der Waals surface area (Å²) in [4.78, 5) is 26.6. The van der Waals surface area contributed by atoms with E-state index >= 15 is 0 Å². The average Bonchev–Trinajstić information content (AvgIpc) is 3.19. The highest BCUT2D eigenvalue weighted by atomic mass is 19.1. The third kappa shape index (κ3) is 5.67. The maximum atomic E-state index is 13.2. The van der Waals surface area contributed by atoms with Gasteiger partial charge in [0.15, 0.2) is 5.76 Å². The summed E-state index contributed by atoms with van der Waals surface area (Å²) < 4.78 is 20.4. The molecule has 0 fully saturated rings. The first-order valence-corrected chi connectivity index (χ1v) is 9.84. The molecular weight excluding hydrogens is 371 g/mol. The van der Waals surface area contributed by atoms with Gasteiger partial charge in [-0.25, -0.2) is 4.39 Å². The number of hydrogen-bond acceptors (Lipinski definition) is 3. The monoisotopic (exact) mass is 396 g/mol. The van der Waals surface area contributed by atoms with E-state index in [9.17, 15) is 14.0 Å². The zero-order valence-corrected chi connectivity index (χ0v) is 16.5. The molecule has 3 aromatic rings. The number of nitrogens with zero attached hydrogens (tertiary/aromatic N) is 2. The van der Waals surface area contributed by atoms with Crippen LogP contribution in [0, 0.1) is 5.82 Å². The maximum Gasteiger partial charge on any atom is 0.289 e. The van der Waals surface area contributed by atoms with Gasteiger partial charge < -0.3 is 13.9 Å². The van der Waals surface area contributed by atoms with Gasteiger partial charge in [-0.3, -0.25) is 9.59 Å². The fourth-order valence-electron chi connectivity index (χ4n) is 3.11. The quantitative estimate of drug-likeness (QED) is 0.502. The van der Waals surface area contributed by atoms with Crippen LogP contribution in [0.4, 0.5) is 4.39 Å². The van der Waals surface area contributed by atoms with Crippen molar-refractivity contribution in [3.8, 4) is 0 Å². The van der Waals surface area contributed by atoms with E-state index in [1.54, 1.807) is 47.5 Å². The van der Waals surface area contributed by atoms with Crippen LogP contribution in [0.25, 0.3) is 0 Å². The fraction of sp³-hybridized carbons (Fsp3) is 0.304. The molecule has 0 N–H and O–H groups in total. The van der Waals surface area contributed by atoms with Crippen molar-refractivity contribution in [2.45, 2.75) is 39.3 Å². The largest absolute Gasteiger partial charge is 0.454 e. The molecule has 5 nitrogen and oxygen atoms in total. The highest BCUT2D eigenvalue weighted by Crippen LogP contribution is 2.16. The summed E-state index contributed by atoms with van der Waals surface area (Å²) in [5.41, 5.74) is 0.730. The lowest BCUT2D eigenvalue weighted by Gasteiger charge is -2.22. The summed E-state index contributed by atoms with van der Waals surface area (Å²) in [6, 6.07) is 14.5. The summed E-state index contributed by atoms with van der Waals surface area (Å²) in [7, 11) is 0. The van der Waals surface area contributed by atoms with Gasteiger partial charge in [-0.15, -0.1) is 0 Å². The van der Waals surface area contributed by atoms with E-state index in [0.29, 0.717) is 18.8 Å². The van der Waals surface area contributed by atoms with Crippen LogP contribution in [0.3, 0.4) is 0 Å². The Morgan fingerprint density at radius 2 is 1.86 bits per heavy atom. The van der Waals surface area contributed by atoms with E-state index in [1.807, 2.05) is 0 Å². The van der Waals surface area contributed by atoms with Crippen LogP contribution in [0.1, 0.15) is 48.1 Å². The SMILES string of the molecule is CCCCCN(Cc1ccc(F)cc1)C(=O)c1ccc(Cn2ccccc2=O)o1. The highest BCUT2D eigenvalue weighted by molar-refractivity contribution is 5.91. The molecule has 1 amide bonds. The molecule has 152 valence electrons. The number of carbonyl (C=O) groups is 1. The Balaban J connectivity index is 1.74. The Hall–Kier alpha value is -3.15. The molecule has 0 bridgehead atoms. The van der Waals surface area contributed by atoms with Gasteiger partial charge in [0.1, 0.15) is 11.6 Å². The van der Waals surface area contributed by atoms with Gasteiger partial charge in [-0.05, 0) is 42.3 Å². The lowest BCUT2D eigenvalue weighted by Crippen LogP contribution is -2.31. The highest BCUT2D eigenvalue weighted by Gasteiger charge is 2.20. The van der Waals surface area contributed by atoms with E-state index in [4.69, 9.17) is 4.42 Å². The van der Waals surface area contributed by atoms with Crippen molar-refractivity contribution in [3.05, 3.63) is 94.0 Å². The molecule has 0 saturated carbocycles. The third-order valence-corrected chi connectivity index (χ3v) is 4.70. The van der Waals surface area contributed by atoms with Crippen LogP contribution in [0.2, 0.25) is 0 Å². The number of amides is 1. The first-order valence-electron chi connectivity index (χ1n) is 9.84. The molecule has 0 atom stereocenters. The molecule has 0 aliphatic rings. The van der Waals surface area contributed by atoms with Crippen molar-refractivity contribution in [3.63, 3.8) is 0 Å². The second-order valence-electron chi connectivity index (χ2n) is 6.99. The predicted molar refractivity (Wildman–Crippen MR) is 109 cm³/mol. The molecule has 0 spiro atoms. The van der Waals surface area contributed by atoms with Crippen LogP contribution >= 0.6 is 0 Å². The van der Waals surface area contributed by atoms with Crippen LogP contribution in [0.15, 0.2) is 70.0 Å². The minimum Gasteiger partial charge on any atom is -0.454 e. The minimum absolute atomic E-state index is 0.130. The second-order valence-corrected chi connectivity index (χ2v) is 6.99.